The molecule has 0 aromatic heterocycles. The standard InChI is InChI=1S/C24H30ClNO6S/c1-4-30-20-15-17(16-21(31-5-2)23(20)32-6-3)24(27)26-12-11-22(33(28,29)14-13-26)18-9-7-8-10-19(18)25/h7-10,15-16,22H,4-6,11-14H2,1-3H3. The number of amides is 1. The number of hydrogen-bond acceptors (Lipinski definition) is 6. The van der Waals surface area contributed by atoms with Crippen molar-refractivity contribution in [3.8, 4) is 17.2 Å². The number of hydrogen-bond donors (Lipinski definition) is 0. The van der Waals surface area contributed by atoms with Crippen molar-refractivity contribution in [1.29, 1.82) is 0 Å². The number of carbonyl (C=O) groups is 1. The Kier molecular flexibility index (Phi) is 8.48. The zero-order valence-electron chi connectivity index (χ0n) is 19.2. The van der Waals surface area contributed by atoms with Gasteiger partial charge in [-0.25, -0.2) is 8.42 Å². The molecule has 2 aromatic rings. The lowest BCUT2D eigenvalue weighted by molar-refractivity contribution is 0.0765. The zero-order valence-corrected chi connectivity index (χ0v) is 20.7. The van der Waals surface area contributed by atoms with E-state index in [9.17, 15) is 13.2 Å². The largest absolute Gasteiger partial charge is 0.490 e. The fourth-order valence-electron chi connectivity index (χ4n) is 3.93. The lowest BCUT2D eigenvalue weighted by Crippen LogP contribution is -2.33. The summed E-state index contributed by atoms with van der Waals surface area (Å²) in [6, 6.07) is 10.2. The second-order valence-corrected chi connectivity index (χ2v) is 10.3. The molecular weight excluding hydrogens is 466 g/mol. The minimum Gasteiger partial charge on any atom is -0.490 e. The van der Waals surface area contributed by atoms with Gasteiger partial charge in [-0.3, -0.25) is 4.79 Å². The zero-order chi connectivity index (χ0) is 24.0. The fourth-order valence-corrected chi connectivity index (χ4v) is 6.08. The second-order valence-electron chi connectivity index (χ2n) is 7.56. The molecule has 3 rings (SSSR count). The molecule has 7 nitrogen and oxygen atoms in total. The van der Waals surface area contributed by atoms with E-state index in [1.54, 1.807) is 41.3 Å². The summed E-state index contributed by atoms with van der Waals surface area (Å²) in [6.45, 7) is 7.14. The number of benzene rings is 2. The monoisotopic (exact) mass is 495 g/mol. The Morgan fingerprint density at radius 1 is 1.00 bits per heavy atom. The minimum atomic E-state index is -3.48. The minimum absolute atomic E-state index is 0.100. The lowest BCUT2D eigenvalue weighted by Gasteiger charge is -2.22. The molecule has 0 spiro atoms. The van der Waals surface area contributed by atoms with Crippen molar-refractivity contribution in [2.45, 2.75) is 32.4 Å². The molecule has 1 saturated heterocycles. The van der Waals surface area contributed by atoms with Crippen LogP contribution in [0.3, 0.4) is 0 Å². The van der Waals surface area contributed by atoms with Crippen LogP contribution in [0.1, 0.15) is 48.4 Å². The van der Waals surface area contributed by atoms with Crippen molar-refractivity contribution in [1.82, 2.24) is 4.90 Å². The van der Waals surface area contributed by atoms with Crippen LogP contribution in [-0.4, -0.2) is 57.9 Å². The summed E-state index contributed by atoms with van der Waals surface area (Å²) in [5, 5.41) is -0.331. The Morgan fingerprint density at radius 2 is 1.61 bits per heavy atom. The van der Waals surface area contributed by atoms with Crippen molar-refractivity contribution in [2.75, 3.05) is 38.7 Å². The number of halogens is 1. The van der Waals surface area contributed by atoms with Crippen molar-refractivity contribution in [3.63, 3.8) is 0 Å². The third-order valence-corrected chi connectivity index (χ3v) is 7.89. The molecular formula is C24H30ClNO6S. The van der Waals surface area contributed by atoms with Gasteiger partial charge in [-0.05, 0) is 51.0 Å². The maximum Gasteiger partial charge on any atom is 0.254 e. The van der Waals surface area contributed by atoms with E-state index in [0.29, 0.717) is 53.2 Å². The summed E-state index contributed by atoms with van der Waals surface area (Å²) in [4.78, 5) is 15.0. The summed E-state index contributed by atoms with van der Waals surface area (Å²) in [7, 11) is -3.48. The molecule has 1 aliphatic rings. The molecule has 9 heteroatoms. The van der Waals surface area contributed by atoms with E-state index in [-0.39, 0.29) is 31.2 Å². The van der Waals surface area contributed by atoms with Crippen LogP contribution in [0.5, 0.6) is 17.2 Å². The molecule has 0 radical (unpaired) electrons. The number of nitrogens with zero attached hydrogens (tertiary/aromatic N) is 1. The summed E-state index contributed by atoms with van der Waals surface area (Å²) >= 11 is 6.28. The summed E-state index contributed by atoms with van der Waals surface area (Å²) in [5.74, 6) is 0.877. The number of carbonyl (C=O) groups excluding carboxylic acids is 1. The summed E-state index contributed by atoms with van der Waals surface area (Å²) < 4.78 is 43.1. The van der Waals surface area contributed by atoms with Gasteiger partial charge in [0.1, 0.15) is 0 Å². The highest BCUT2D eigenvalue weighted by atomic mass is 35.5. The average Bonchev–Trinajstić information content (AvgIpc) is 2.94. The second kappa shape index (κ2) is 11.1. The van der Waals surface area contributed by atoms with E-state index in [4.69, 9.17) is 25.8 Å². The highest BCUT2D eigenvalue weighted by molar-refractivity contribution is 7.91. The van der Waals surface area contributed by atoms with Gasteiger partial charge in [-0.15, -0.1) is 0 Å². The highest BCUT2D eigenvalue weighted by Gasteiger charge is 2.34. The first-order valence-corrected chi connectivity index (χ1v) is 13.2. The molecule has 0 N–H and O–H groups in total. The molecule has 1 atom stereocenters. The van der Waals surface area contributed by atoms with Gasteiger partial charge in [-0.2, -0.15) is 0 Å². The van der Waals surface area contributed by atoms with Gasteiger partial charge in [-0.1, -0.05) is 29.8 Å². The predicted molar refractivity (Wildman–Crippen MR) is 128 cm³/mol. The maximum absolute atomic E-state index is 13.4. The van der Waals surface area contributed by atoms with Crippen LogP contribution in [0, 0.1) is 0 Å². The molecule has 0 aliphatic carbocycles. The Bertz CT molecular complexity index is 1060. The van der Waals surface area contributed by atoms with Crippen molar-refractivity contribution >= 4 is 27.3 Å². The van der Waals surface area contributed by atoms with Crippen LogP contribution in [0.15, 0.2) is 36.4 Å². The quantitative estimate of drug-likeness (QED) is 0.534. The van der Waals surface area contributed by atoms with Gasteiger partial charge in [0.25, 0.3) is 5.91 Å². The average molecular weight is 496 g/mol. The van der Waals surface area contributed by atoms with E-state index in [1.165, 1.54) is 0 Å². The Labute approximate surface area is 200 Å². The SMILES string of the molecule is CCOc1cc(C(=O)N2CCC(c3ccccc3Cl)S(=O)(=O)CC2)cc(OCC)c1OCC. The highest BCUT2D eigenvalue weighted by Crippen LogP contribution is 2.40. The number of rotatable bonds is 8. The first kappa shape index (κ1) is 25.2. The molecule has 1 unspecified atom stereocenters. The molecule has 1 aliphatic heterocycles. The summed E-state index contributed by atoms with van der Waals surface area (Å²) in [6.07, 6.45) is 0.269. The third kappa shape index (κ3) is 5.73. The van der Waals surface area contributed by atoms with E-state index in [0.717, 1.165) is 0 Å². The number of ether oxygens (including phenoxy) is 3. The van der Waals surface area contributed by atoms with Crippen LogP contribution in [-0.2, 0) is 9.84 Å². The first-order valence-electron chi connectivity index (χ1n) is 11.1. The maximum atomic E-state index is 13.4. The Hall–Kier alpha value is -2.45. The van der Waals surface area contributed by atoms with Crippen LogP contribution in [0.25, 0.3) is 0 Å². The number of sulfone groups is 1. The van der Waals surface area contributed by atoms with Gasteiger partial charge in [0, 0.05) is 23.7 Å². The normalized spacial score (nSPS) is 17.8. The van der Waals surface area contributed by atoms with Crippen LogP contribution < -0.4 is 14.2 Å². The van der Waals surface area contributed by atoms with E-state index in [2.05, 4.69) is 0 Å². The van der Waals surface area contributed by atoms with Crippen LogP contribution >= 0.6 is 11.6 Å². The van der Waals surface area contributed by atoms with Crippen molar-refractivity contribution < 1.29 is 27.4 Å². The molecule has 2 aromatic carbocycles. The Balaban J connectivity index is 1.91. The molecule has 0 saturated carbocycles. The van der Waals surface area contributed by atoms with Gasteiger partial charge >= 0.3 is 0 Å². The smallest absolute Gasteiger partial charge is 0.254 e. The molecule has 0 bridgehead atoms. The molecule has 1 heterocycles. The van der Waals surface area contributed by atoms with Gasteiger partial charge < -0.3 is 19.1 Å². The van der Waals surface area contributed by atoms with Gasteiger partial charge in [0.05, 0.1) is 30.8 Å². The van der Waals surface area contributed by atoms with Crippen molar-refractivity contribution in [3.05, 3.63) is 52.5 Å². The van der Waals surface area contributed by atoms with Gasteiger partial charge in [0.15, 0.2) is 21.3 Å². The van der Waals surface area contributed by atoms with Crippen LogP contribution in [0.2, 0.25) is 5.02 Å². The molecule has 1 amide bonds. The van der Waals surface area contributed by atoms with Crippen LogP contribution in [0.4, 0.5) is 0 Å². The van der Waals surface area contributed by atoms with E-state index >= 15 is 0 Å². The van der Waals surface area contributed by atoms with Gasteiger partial charge in [0.2, 0.25) is 5.75 Å². The fraction of sp³-hybridized carbons (Fsp3) is 0.458. The van der Waals surface area contributed by atoms with Crippen molar-refractivity contribution in [2.24, 2.45) is 0 Å². The topological polar surface area (TPSA) is 82.1 Å². The van der Waals surface area contributed by atoms with E-state index in [1.807, 2.05) is 20.8 Å². The summed E-state index contributed by atoms with van der Waals surface area (Å²) in [5.41, 5.74) is 0.936. The first-order chi connectivity index (χ1) is 15.8. The predicted octanol–water partition coefficient (Wildman–Crippen LogP) is 4.54. The lowest BCUT2D eigenvalue weighted by atomic mass is 10.1. The van der Waals surface area contributed by atoms with E-state index < -0.39 is 15.1 Å². The Morgan fingerprint density at radius 3 is 2.18 bits per heavy atom. The third-order valence-electron chi connectivity index (χ3n) is 5.44. The molecule has 33 heavy (non-hydrogen) atoms. The molecule has 1 fully saturated rings. The molecule has 180 valence electrons.